The summed E-state index contributed by atoms with van der Waals surface area (Å²) in [6, 6.07) is 9.02. The Hall–Kier alpha value is -1.55. The molecule has 0 aromatic heterocycles. The number of alkyl halides is 4. The van der Waals surface area contributed by atoms with Gasteiger partial charge in [-0.3, -0.25) is 0 Å². The van der Waals surface area contributed by atoms with E-state index in [-0.39, 0.29) is 22.6 Å². The van der Waals surface area contributed by atoms with Crippen LogP contribution in [0.3, 0.4) is 0 Å². The monoisotopic (exact) mass is 288 g/mol. The minimum Gasteiger partial charge on any atom is -0.206 e. The molecule has 0 nitrogen and oxygen atoms in total. The highest BCUT2D eigenvalue weighted by Gasteiger charge is 2.35. The van der Waals surface area contributed by atoms with E-state index in [0.717, 1.165) is 12.1 Å². The summed E-state index contributed by atoms with van der Waals surface area (Å²) in [6.07, 6.45) is -4.56. The Morgan fingerprint density at radius 1 is 0.947 bits per heavy atom. The minimum atomic E-state index is -4.56. The van der Waals surface area contributed by atoms with Gasteiger partial charge in [-0.15, -0.1) is 11.6 Å². The standard InChI is InChI=1S/C14H9ClF4/c15-8-9-4-3-6-11(14(17,18)19)13(9)10-5-1-2-7-12(10)16/h1-7H,8H2. The molecule has 0 fully saturated rings. The molecule has 5 heteroatoms. The van der Waals surface area contributed by atoms with Gasteiger partial charge in [-0.05, 0) is 17.7 Å². The maximum absolute atomic E-state index is 13.7. The molecule has 0 saturated heterocycles. The number of rotatable bonds is 2. The van der Waals surface area contributed by atoms with Crippen LogP contribution in [0.15, 0.2) is 42.5 Å². The lowest BCUT2D eigenvalue weighted by Crippen LogP contribution is -2.09. The first-order valence-corrected chi connectivity index (χ1v) is 5.98. The van der Waals surface area contributed by atoms with Gasteiger partial charge in [0.2, 0.25) is 0 Å². The van der Waals surface area contributed by atoms with Crippen molar-refractivity contribution in [1.29, 1.82) is 0 Å². The summed E-state index contributed by atoms with van der Waals surface area (Å²) in [6.45, 7) is 0. The van der Waals surface area contributed by atoms with Crippen molar-refractivity contribution in [2.45, 2.75) is 12.1 Å². The lowest BCUT2D eigenvalue weighted by molar-refractivity contribution is -0.137. The molecule has 0 saturated carbocycles. The highest BCUT2D eigenvalue weighted by molar-refractivity contribution is 6.17. The quantitative estimate of drug-likeness (QED) is 0.523. The van der Waals surface area contributed by atoms with Crippen molar-refractivity contribution < 1.29 is 17.6 Å². The Balaban J connectivity index is 2.77. The fraction of sp³-hybridized carbons (Fsp3) is 0.143. The van der Waals surface area contributed by atoms with Crippen molar-refractivity contribution in [3.05, 3.63) is 59.4 Å². The first kappa shape index (κ1) is 13.9. The molecular formula is C14H9ClF4. The molecule has 2 aromatic carbocycles. The van der Waals surface area contributed by atoms with Gasteiger partial charge in [0.1, 0.15) is 5.82 Å². The van der Waals surface area contributed by atoms with Crippen LogP contribution in [0.2, 0.25) is 0 Å². The maximum atomic E-state index is 13.7. The second kappa shape index (κ2) is 5.21. The Labute approximate surface area is 112 Å². The largest absolute Gasteiger partial charge is 0.417 e. The molecule has 0 unspecified atom stereocenters. The molecule has 0 radical (unpaired) electrons. The fourth-order valence-corrected chi connectivity index (χ4v) is 2.15. The van der Waals surface area contributed by atoms with Crippen LogP contribution in [-0.2, 0) is 12.1 Å². The van der Waals surface area contributed by atoms with E-state index in [2.05, 4.69) is 0 Å². The van der Waals surface area contributed by atoms with E-state index in [9.17, 15) is 17.6 Å². The zero-order valence-electron chi connectivity index (χ0n) is 9.64. The average Bonchev–Trinajstić information content (AvgIpc) is 2.37. The van der Waals surface area contributed by atoms with E-state index in [4.69, 9.17) is 11.6 Å². The average molecular weight is 289 g/mol. The summed E-state index contributed by atoms with van der Waals surface area (Å²) in [4.78, 5) is 0. The summed E-state index contributed by atoms with van der Waals surface area (Å²) < 4.78 is 52.8. The molecule has 0 heterocycles. The van der Waals surface area contributed by atoms with Crippen LogP contribution in [0.4, 0.5) is 17.6 Å². The molecule has 0 atom stereocenters. The first-order valence-electron chi connectivity index (χ1n) is 5.45. The molecule has 0 aliphatic heterocycles. The molecule has 0 spiro atoms. The van der Waals surface area contributed by atoms with E-state index in [1.54, 1.807) is 0 Å². The lowest BCUT2D eigenvalue weighted by Gasteiger charge is -2.16. The molecule has 0 bridgehead atoms. The van der Waals surface area contributed by atoms with Gasteiger partial charge in [0.05, 0.1) is 5.56 Å². The zero-order valence-corrected chi connectivity index (χ0v) is 10.4. The summed E-state index contributed by atoms with van der Waals surface area (Å²) in [7, 11) is 0. The molecule has 0 aliphatic rings. The molecule has 19 heavy (non-hydrogen) atoms. The molecule has 100 valence electrons. The third-order valence-electron chi connectivity index (χ3n) is 2.74. The normalized spacial score (nSPS) is 11.6. The highest BCUT2D eigenvalue weighted by Crippen LogP contribution is 2.40. The highest BCUT2D eigenvalue weighted by atomic mass is 35.5. The van der Waals surface area contributed by atoms with Crippen LogP contribution in [0, 0.1) is 5.82 Å². The van der Waals surface area contributed by atoms with Crippen molar-refractivity contribution in [2.75, 3.05) is 0 Å². The lowest BCUT2D eigenvalue weighted by atomic mass is 9.94. The van der Waals surface area contributed by atoms with E-state index in [0.29, 0.717) is 0 Å². The van der Waals surface area contributed by atoms with Crippen LogP contribution in [-0.4, -0.2) is 0 Å². The summed E-state index contributed by atoms with van der Waals surface area (Å²) in [5.41, 5.74) is -0.911. The van der Waals surface area contributed by atoms with Crippen LogP contribution in [0.1, 0.15) is 11.1 Å². The Bertz CT molecular complexity index is 590. The van der Waals surface area contributed by atoms with Crippen LogP contribution < -0.4 is 0 Å². The third kappa shape index (κ3) is 2.73. The fourth-order valence-electron chi connectivity index (χ4n) is 1.93. The third-order valence-corrected chi connectivity index (χ3v) is 3.03. The number of hydrogen-bond acceptors (Lipinski definition) is 0. The Kier molecular flexibility index (Phi) is 3.80. The second-order valence-corrected chi connectivity index (χ2v) is 4.22. The Morgan fingerprint density at radius 2 is 1.63 bits per heavy atom. The van der Waals surface area contributed by atoms with Crippen LogP contribution in [0.5, 0.6) is 0 Å². The van der Waals surface area contributed by atoms with Gasteiger partial charge in [0.15, 0.2) is 0 Å². The summed E-state index contributed by atoms with van der Waals surface area (Å²) in [5.74, 6) is -0.821. The SMILES string of the molecule is Fc1ccccc1-c1c(CCl)cccc1C(F)(F)F. The molecule has 0 amide bonds. The second-order valence-electron chi connectivity index (χ2n) is 3.95. The van der Waals surface area contributed by atoms with Gasteiger partial charge < -0.3 is 0 Å². The topological polar surface area (TPSA) is 0 Å². The molecular weight excluding hydrogens is 280 g/mol. The van der Waals surface area contributed by atoms with Gasteiger partial charge in [0, 0.05) is 17.0 Å². The Morgan fingerprint density at radius 3 is 2.21 bits per heavy atom. The molecule has 2 rings (SSSR count). The van der Waals surface area contributed by atoms with E-state index in [1.165, 1.54) is 30.3 Å². The van der Waals surface area contributed by atoms with Crippen LogP contribution >= 0.6 is 11.6 Å². The molecule has 0 N–H and O–H groups in total. The van der Waals surface area contributed by atoms with Crippen molar-refractivity contribution >= 4 is 11.6 Å². The van der Waals surface area contributed by atoms with Crippen molar-refractivity contribution in [3.8, 4) is 11.1 Å². The number of hydrogen-bond donors (Lipinski definition) is 0. The molecule has 2 aromatic rings. The van der Waals surface area contributed by atoms with E-state index < -0.39 is 17.6 Å². The van der Waals surface area contributed by atoms with Gasteiger partial charge in [0.25, 0.3) is 0 Å². The zero-order chi connectivity index (χ0) is 14.0. The summed E-state index contributed by atoms with van der Waals surface area (Å²) in [5, 5.41) is 0. The van der Waals surface area contributed by atoms with Gasteiger partial charge >= 0.3 is 6.18 Å². The van der Waals surface area contributed by atoms with E-state index in [1.807, 2.05) is 0 Å². The van der Waals surface area contributed by atoms with Crippen molar-refractivity contribution in [2.24, 2.45) is 0 Å². The van der Waals surface area contributed by atoms with Crippen LogP contribution in [0.25, 0.3) is 11.1 Å². The predicted octanol–water partition coefficient (Wildman–Crippen LogP) is 5.25. The summed E-state index contributed by atoms with van der Waals surface area (Å²) >= 11 is 5.67. The number of halogens is 5. The van der Waals surface area contributed by atoms with E-state index >= 15 is 0 Å². The minimum absolute atomic E-state index is 0.0916. The van der Waals surface area contributed by atoms with Gasteiger partial charge in [-0.25, -0.2) is 4.39 Å². The van der Waals surface area contributed by atoms with Crippen molar-refractivity contribution in [3.63, 3.8) is 0 Å². The maximum Gasteiger partial charge on any atom is 0.417 e. The molecule has 0 aliphatic carbocycles. The smallest absolute Gasteiger partial charge is 0.206 e. The first-order chi connectivity index (χ1) is 8.95. The van der Waals surface area contributed by atoms with Gasteiger partial charge in [-0.2, -0.15) is 13.2 Å². The van der Waals surface area contributed by atoms with Crippen molar-refractivity contribution in [1.82, 2.24) is 0 Å². The van der Waals surface area contributed by atoms with Gasteiger partial charge in [-0.1, -0.05) is 30.3 Å². The predicted molar refractivity (Wildman–Crippen MR) is 66.4 cm³/mol. The number of benzene rings is 2.